The maximum Gasteiger partial charge on any atom is 0.0649 e. The number of hydrogen-bond donors (Lipinski definition) is 0. The molecule has 1 aromatic heterocycles. The SMILES string of the molecule is Cc1ccc(Sc2ccccc2C)s1. The molecule has 0 saturated heterocycles. The first kappa shape index (κ1) is 9.81. The summed E-state index contributed by atoms with van der Waals surface area (Å²) in [5.74, 6) is 0. The summed E-state index contributed by atoms with van der Waals surface area (Å²) in [4.78, 5) is 2.73. The molecule has 0 aliphatic heterocycles. The highest BCUT2D eigenvalue weighted by Gasteiger charge is 2.01. The lowest BCUT2D eigenvalue weighted by molar-refractivity contribution is 1.30. The average molecular weight is 220 g/mol. The second-order valence-electron chi connectivity index (χ2n) is 3.23. The van der Waals surface area contributed by atoms with Crippen LogP contribution in [0, 0.1) is 13.8 Å². The summed E-state index contributed by atoms with van der Waals surface area (Å²) in [6.07, 6.45) is 0. The Labute approximate surface area is 93.0 Å². The Hall–Kier alpha value is -0.730. The summed E-state index contributed by atoms with van der Waals surface area (Å²) in [6.45, 7) is 4.30. The van der Waals surface area contributed by atoms with Crippen molar-refractivity contribution in [3.8, 4) is 0 Å². The van der Waals surface area contributed by atoms with E-state index in [1.54, 1.807) is 0 Å². The molecular formula is C12H12S2. The highest BCUT2D eigenvalue weighted by Crippen LogP contribution is 2.34. The lowest BCUT2D eigenvalue weighted by Crippen LogP contribution is -1.75. The van der Waals surface area contributed by atoms with Crippen molar-refractivity contribution in [2.45, 2.75) is 23.0 Å². The van der Waals surface area contributed by atoms with E-state index < -0.39 is 0 Å². The zero-order chi connectivity index (χ0) is 9.97. The normalized spacial score (nSPS) is 10.4. The minimum absolute atomic E-state index is 1.35. The van der Waals surface area contributed by atoms with Crippen molar-refractivity contribution in [1.82, 2.24) is 0 Å². The number of hydrogen-bond acceptors (Lipinski definition) is 2. The molecule has 0 aliphatic carbocycles. The molecule has 0 amide bonds. The van der Waals surface area contributed by atoms with Crippen LogP contribution in [0.25, 0.3) is 0 Å². The molecule has 72 valence electrons. The number of benzene rings is 1. The molecule has 0 fully saturated rings. The molecule has 14 heavy (non-hydrogen) atoms. The van der Waals surface area contributed by atoms with Crippen molar-refractivity contribution in [3.63, 3.8) is 0 Å². The maximum absolute atomic E-state index is 2.19. The third kappa shape index (κ3) is 2.20. The molecule has 1 aromatic carbocycles. The van der Waals surface area contributed by atoms with E-state index in [1.165, 1.54) is 19.5 Å². The van der Waals surface area contributed by atoms with E-state index in [0.29, 0.717) is 0 Å². The van der Waals surface area contributed by atoms with E-state index in [0.717, 1.165) is 0 Å². The predicted octanol–water partition coefficient (Wildman–Crippen LogP) is 4.52. The van der Waals surface area contributed by atoms with Crippen LogP contribution >= 0.6 is 23.1 Å². The van der Waals surface area contributed by atoms with Gasteiger partial charge in [0.1, 0.15) is 0 Å². The second kappa shape index (κ2) is 4.20. The van der Waals surface area contributed by atoms with Gasteiger partial charge in [-0.25, -0.2) is 0 Å². The molecule has 0 saturated carbocycles. The third-order valence-electron chi connectivity index (χ3n) is 2.02. The Kier molecular flexibility index (Phi) is 2.94. The van der Waals surface area contributed by atoms with Crippen LogP contribution < -0.4 is 0 Å². The van der Waals surface area contributed by atoms with Gasteiger partial charge in [-0.15, -0.1) is 11.3 Å². The van der Waals surface area contributed by atoms with Gasteiger partial charge >= 0.3 is 0 Å². The highest BCUT2D eigenvalue weighted by atomic mass is 32.2. The lowest BCUT2D eigenvalue weighted by Gasteiger charge is -2.01. The second-order valence-corrected chi connectivity index (χ2v) is 5.86. The Morgan fingerprint density at radius 3 is 2.43 bits per heavy atom. The molecule has 0 atom stereocenters. The van der Waals surface area contributed by atoms with Crippen LogP contribution in [0.3, 0.4) is 0 Å². The monoisotopic (exact) mass is 220 g/mol. The van der Waals surface area contributed by atoms with Crippen molar-refractivity contribution < 1.29 is 0 Å². The van der Waals surface area contributed by atoms with Gasteiger partial charge in [-0.05, 0) is 37.6 Å². The van der Waals surface area contributed by atoms with Crippen LogP contribution in [0.5, 0.6) is 0 Å². The molecule has 0 spiro atoms. The van der Waals surface area contributed by atoms with E-state index in [-0.39, 0.29) is 0 Å². The number of aryl methyl sites for hydroxylation is 2. The van der Waals surface area contributed by atoms with Gasteiger partial charge in [0.2, 0.25) is 0 Å². The van der Waals surface area contributed by atoms with Crippen molar-refractivity contribution in [2.24, 2.45) is 0 Å². The molecule has 2 aromatic rings. The molecule has 0 bridgehead atoms. The summed E-state index contributed by atoms with van der Waals surface area (Å²) in [5, 5.41) is 0. The van der Waals surface area contributed by atoms with Gasteiger partial charge in [0.15, 0.2) is 0 Å². The van der Waals surface area contributed by atoms with Crippen LogP contribution in [0.4, 0.5) is 0 Å². The smallest absolute Gasteiger partial charge is 0.0649 e. The standard InChI is InChI=1S/C12H12S2/c1-9-5-3-4-6-11(9)14-12-8-7-10(2)13-12/h3-8H,1-2H3. The van der Waals surface area contributed by atoms with Gasteiger partial charge in [-0.2, -0.15) is 0 Å². The minimum Gasteiger partial charge on any atom is -0.134 e. The maximum atomic E-state index is 2.19. The molecule has 0 unspecified atom stereocenters. The Morgan fingerprint density at radius 1 is 1.00 bits per heavy atom. The molecule has 0 N–H and O–H groups in total. The van der Waals surface area contributed by atoms with Crippen molar-refractivity contribution in [1.29, 1.82) is 0 Å². The zero-order valence-electron chi connectivity index (χ0n) is 8.28. The summed E-state index contributed by atoms with van der Waals surface area (Å²) >= 11 is 3.71. The fourth-order valence-corrected chi connectivity index (χ4v) is 3.39. The van der Waals surface area contributed by atoms with Crippen molar-refractivity contribution in [3.05, 3.63) is 46.8 Å². The van der Waals surface area contributed by atoms with Gasteiger partial charge in [0.05, 0.1) is 4.21 Å². The Morgan fingerprint density at radius 2 is 1.79 bits per heavy atom. The molecule has 2 heteroatoms. The minimum atomic E-state index is 1.35. The van der Waals surface area contributed by atoms with Gasteiger partial charge < -0.3 is 0 Å². The van der Waals surface area contributed by atoms with E-state index in [9.17, 15) is 0 Å². The molecule has 0 radical (unpaired) electrons. The fraction of sp³-hybridized carbons (Fsp3) is 0.167. The van der Waals surface area contributed by atoms with Crippen molar-refractivity contribution in [2.75, 3.05) is 0 Å². The van der Waals surface area contributed by atoms with Crippen LogP contribution in [-0.2, 0) is 0 Å². The number of thiophene rings is 1. The summed E-state index contributed by atoms with van der Waals surface area (Å²) in [7, 11) is 0. The average Bonchev–Trinajstić information content (AvgIpc) is 2.56. The van der Waals surface area contributed by atoms with Crippen LogP contribution in [0.2, 0.25) is 0 Å². The van der Waals surface area contributed by atoms with Crippen LogP contribution in [-0.4, -0.2) is 0 Å². The molecule has 0 nitrogen and oxygen atoms in total. The van der Waals surface area contributed by atoms with Gasteiger partial charge in [0.25, 0.3) is 0 Å². The van der Waals surface area contributed by atoms with E-state index >= 15 is 0 Å². The molecule has 0 aliphatic rings. The summed E-state index contributed by atoms with van der Waals surface area (Å²) in [5.41, 5.74) is 1.35. The zero-order valence-corrected chi connectivity index (χ0v) is 9.91. The fourth-order valence-electron chi connectivity index (χ4n) is 1.25. The lowest BCUT2D eigenvalue weighted by atomic mass is 10.2. The number of rotatable bonds is 2. The Bertz CT molecular complexity index is 429. The van der Waals surface area contributed by atoms with E-state index in [1.807, 2.05) is 23.1 Å². The van der Waals surface area contributed by atoms with Gasteiger partial charge in [0, 0.05) is 9.77 Å². The summed E-state index contributed by atoms with van der Waals surface area (Å²) in [6, 6.07) is 12.9. The first-order valence-electron chi connectivity index (χ1n) is 4.55. The predicted molar refractivity (Wildman–Crippen MR) is 64.4 cm³/mol. The first-order valence-corrected chi connectivity index (χ1v) is 6.19. The highest BCUT2D eigenvalue weighted by molar-refractivity contribution is 8.01. The largest absolute Gasteiger partial charge is 0.134 e. The van der Waals surface area contributed by atoms with Crippen LogP contribution in [0.15, 0.2) is 45.5 Å². The van der Waals surface area contributed by atoms with E-state index in [2.05, 4.69) is 50.2 Å². The summed E-state index contributed by atoms with van der Waals surface area (Å²) < 4.78 is 1.37. The molecule has 1 heterocycles. The van der Waals surface area contributed by atoms with Crippen molar-refractivity contribution >= 4 is 23.1 Å². The van der Waals surface area contributed by atoms with Gasteiger partial charge in [-0.3, -0.25) is 0 Å². The molecule has 2 rings (SSSR count). The van der Waals surface area contributed by atoms with Gasteiger partial charge in [-0.1, -0.05) is 30.0 Å². The quantitative estimate of drug-likeness (QED) is 0.717. The van der Waals surface area contributed by atoms with E-state index in [4.69, 9.17) is 0 Å². The molecular weight excluding hydrogens is 208 g/mol. The Balaban J connectivity index is 2.23. The first-order chi connectivity index (χ1) is 6.75. The third-order valence-corrected chi connectivity index (χ3v) is 4.33. The van der Waals surface area contributed by atoms with Crippen LogP contribution in [0.1, 0.15) is 10.4 Å². The topological polar surface area (TPSA) is 0 Å².